The molecule has 2 aliphatic heterocycles. The Balaban J connectivity index is 1.11. The van der Waals surface area contributed by atoms with Gasteiger partial charge in [-0.2, -0.15) is 4.99 Å². The lowest BCUT2D eigenvalue weighted by Gasteiger charge is -2.40. The number of aliphatic carboxylic acids is 3. The van der Waals surface area contributed by atoms with E-state index in [1.165, 1.54) is 12.1 Å². The van der Waals surface area contributed by atoms with Crippen molar-refractivity contribution in [3.63, 3.8) is 0 Å². The number of phenols is 1. The number of nitrogens with zero attached hydrogens (tertiary/aromatic N) is 5. The van der Waals surface area contributed by atoms with Crippen LogP contribution in [-0.4, -0.2) is 282 Å². The Morgan fingerprint density at radius 1 is 0.606 bits per heavy atom. The van der Waals surface area contributed by atoms with Gasteiger partial charge in [-0.15, -0.1) is 0 Å². The molecule has 2 aliphatic rings. The van der Waals surface area contributed by atoms with E-state index in [4.69, 9.17) is 15.2 Å². The van der Waals surface area contributed by atoms with Crippen LogP contribution < -0.4 is 48.3 Å². The number of amides is 8. The van der Waals surface area contributed by atoms with Gasteiger partial charge in [0.05, 0.1) is 51.7 Å². The lowest BCUT2D eigenvalue weighted by molar-refractivity contribution is -0.219. The number of nitrogens with one attached hydrogen (secondary N) is 8. The molecule has 8 amide bonds. The number of carboxylic acid groups (broad SMARTS) is 3. The van der Waals surface area contributed by atoms with E-state index in [-0.39, 0.29) is 161 Å². The van der Waals surface area contributed by atoms with E-state index in [2.05, 4.69) is 47.5 Å². The molecule has 2 saturated heterocycles. The largest absolute Gasteiger partial charge is 0.508 e. The second-order valence-electron chi connectivity index (χ2n) is 22.3. The fourth-order valence-corrected chi connectivity index (χ4v) is 10.0. The van der Waals surface area contributed by atoms with E-state index in [9.17, 15) is 83.7 Å². The molecule has 0 spiro atoms. The number of carbonyl (C=O) groups excluding carboxylic acids is 7. The number of nitrogens with two attached hydrogens (primary N) is 1. The van der Waals surface area contributed by atoms with Gasteiger partial charge in [0, 0.05) is 104 Å². The van der Waals surface area contributed by atoms with Gasteiger partial charge >= 0.3 is 23.9 Å². The lowest BCUT2D eigenvalue weighted by Crippen LogP contribution is -2.63. The normalized spacial score (nSPS) is 19.3. The molecule has 516 valence electrons. The summed E-state index contributed by atoms with van der Waals surface area (Å²) in [5.74, 6) is -7.66. The molecule has 1 unspecified atom stereocenters. The number of hydrogen-bond acceptors (Lipinski definition) is 20. The molecule has 2 fully saturated rings. The number of aliphatic hydroxyl groups excluding tert-OH is 3. The highest BCUT2D eigenvalue weighted by molar-refractivity contribution is 5.94. The number of aliphatic imine (C=N–C) groups is 1. The Kier molecular flexibility index (Phi) is 32.4. The number of benzene rings is 3. The third-order valence-corrected chi connectivity index (χ3v) is 15.0. The van der Waals surface area contributed by atoms with Crippen molar-refractivity contribution < 1.29 is 93.2 Å². The fraction of sp³-hybridized carbons (Fsp3) is 0.525. The van der Waals surface area contributed by atoms with Crippen molar-refractivity contribution in [2.45, 2.75) is 81.6 Å². The van der Waals surface area contributed by atoms with Crippen LogP contribution in [0.2, 0.25) is 0 Å². The van der Waals surface area contributed by atoms with E-state index < -0.39 is 102 Å². The molecule has 3 aromatic rings. The molecule has 0 bridgehead atoms. The number of carboxylic acids is 3. The van der Waals surface area contributed by atoms with Crippen molar-refractivity contribution in [2.24, 2.45) is 10.7 Å². The third kappa shape index (κ3) is 27.7. The van der Waals surface area contributed by atoms with Gasteiger partial charge in [-0.05, 0) is 53.8 Å². The Labute approximate surface area is 542 Å². The summed E-state index contributed by atoms with van der Waals surface area (Å²) in [6.07, 6.45) is -8.08. The SMILES string of the molecule is CCC(=O)NCCNC(=O)/N=C(/N)NCCC[C@@H](NC(=O)C(c1ccccc1)c1cccc(NC(=O)CCOCCNC(=O)[C@H]2O[C@@H](CNC(=O)CN3CCN(CC(=O)O)CCN(CC(=O)O)CCN(CC(=O)O)CC3)[C@H](O)[C@@H](O)[C@H]2O)c1)C(=O)NCc1ccc(O)cc1. The number of guanidine groups is 1. The molecule has 0 saturated carbocycles. The maximum Gasteiger partial charge on any atom is 0.344 e. The van der Waals surface area contributed by atoms with Crippen molar-refractivity contribution in [3.8, 4) is 5.75 Å². The van der Waals surface area contributed by atoms with Crippen LogP contribution in [0.15, 0.2) is 83.9 Å². The summed E-state index contributed by atoms with van der Waals surface area (Å²) in [7, 11) is 0. The lowest BCUT2D eigenvalue weighted by atomic mass is 9.89. The highest BCUT2D eigenvalue weighted by atomic mass is 16.5. The zero-order chi connectivity index (χ0) is 68.5. The maximum atomic E-state index is 14.5. The van der Waals surface area contributed by atoms with Gasteiger partial charge in [-0.1, -0.05) is 61.5 Å². The van der Waals surface area contributed by atoms with Crippen molar-refractivity contribution in [1.82, 2.24) is 56.8 Å². The third-order valence-electron chi connectivity index (χ3n) is 15.0. The number of aliphatic hydroxyl groups is 3. The van der Waals surface area contributed by atoms with Crippen LogP contribution in [0, 0.1) is 0 Å². The molecule has 17 N–H and O–H groups in total. The van der Waals surface area contributed by atoms with Crippen LogP contribution in [0.4, 0.5) is 10.5 Å². The summed E-state index contributed by atoms with van der Waals surface area (Å²) in [6, 6.07) is 19.8. The van der Waals surface area contributed by atoms with Crippen LogP contribution in [-0.2, 0) is 59.2 Å². The topological polar surface area (TPSA) is 478 Å². The van der Waals surface area contributed by atoms with E-state index in [0.29, 0.717) is 28.8 Å². The smallest absolute Gasteiger partial charge is 0.344 e. The standard InChI is InChI=1S/C61H88N14O19/c1-2-46(77)63-19-20-66-61(92)71-60(62)65-18-7-12-44(57(89)68-33-39-13-15-43(76)16-14-39)70-58(90)52(40-8-4-3-5-9-40)41-10-6-11-42(32-41)69-47(78)17-30-93-31-21-64-59(91)56-55(88)54(87)53(86)45(94-56)34-67-48(79)35-72-22-24-73(36-49(80)81)26-28-75(38-51(84)85)29-27-74(25-23-72)37-50(82)83/h3-6,8-11,13-16,32,44-45,52-56,76,86-88H,2,7,12,17-31,33-38H2,1H3,(H,63,77)(H,64,91)(H,67,79)(H,68,89)(H,69,78)(H,70,90)(H,80,81)(H,82,83)(H,84,85)(H4,62,65,66,71,92)/t44-,45+,52?,53+,54-,55-,56+/m1/s1. The van der Waals surface area contributed by atoms with E-state index >= 15 is 0 Å². The number of hydrogen-bond donors (Lipinski definition) is 16. The van der Waals surface area contributed by atoms with Crippen LogP contribution in [0.25, 0.3) is 0 Å². The Hall–Kier alpha value is -8.93. The maximum absolute atomic E-state index is 14.5. The fourth-order valence-electron chi connectivity index (χ4n) is 10.0. The average molecular weight is 1320 g/mol. The molecule has 5 rings (SSSR count). The molecule has 0 aromatic heterocycles. The Morgan fingerprint density at radius 3 is 1.79 bits per heavy atom. The van der Waals surface area contributed by atoms with Crippen molar-refractivity contribution >= 4 is 71.0 Å². The quantitative estimate of drug-likeness (QED) is 0.0158. The summed E-state index contributed by atoms with van der Waals surface area (Å²) < 4.78 is 11.3. The van der Waals surface area contributed by atoms with Crippen LogP contribution in [0.3, 0.4) is 0 Å². The molecule has 33 nitrogen and oxygen atoms in total. The van der Waals surface area contributed by atoms with Gasteiger partial charge in [0.1, 0.15) is 36.2 Å². The number of aromatic hydroxyl groups is 1. The molecule has 3 aromatic carbocycles. The molecule has 2 heterocycles. The molecule has 0 aliphatic carbocycles. The first-order chi connectivity index (χ1) is 45.0. The van der Waals surface area contributed by atoms with Gasteiger partial charge in [0.2, 0.25) is 29.5 Å². The predicted molar refractivity (Wildman–Crippen MR) is 338 cm³/mol. The highest BCUT2D eigenvalue weighted by Crippen LogP contribution is 2.28. The van der Waals surface area contributed by atoms with Crippen LogP contribution >= 0.6 is 0 Å². The minimum atomic E-state index is -1.88. The van der Waals surface area contributed by atoms with Gasteiger partial charge in [0.15, 0.2) is 12.1 Å². The number of rotatable bonds is 33. The number of phenolic OH excluding ortho intramolecular Hbond substituents is 1. The zero-order valence-electron chi connectivity index (χ0n) is 52.4. The minimum absolute atomic E-state index is 0.0424. The molecule has 7 atom stereocenters. The van der Waals surface area contributed by atoms with Crippen molar-refractivity contribution in [1.29, 1.82) is 0 Å². The summed E-state index contributed by atoms with van der Waals surface area (Å²) in [6.45, 7) is 1.41. The number of ether oxygens (including phenoxy) is 2. The Morgan fingerprint density at radius 2 is 1.19 bits per heavy atom. The van der Waals surface area contributed by atoms with Crippen LogP contribution in [0.1, 0.15) is 55.2 Å². The first-order valence-corrected chi connectivity index (χ1v) is 30.8. The number of anilines is 1. The average Bonchev–Trinajstić information content (AvgIpc) is 0.836. The summed E-state index contributed by atoms with van der Waals surface area (Å²) in [5, 5.41) is 92.2. The van der Waals surface area contributed by atoms with Gasteiger partial charge in [0.25, 0.3) is 5.91 Å². The number of urea groups is 1. The second-order valence-corrected chi connectivity index (χ2v) is 22.3. The minimum Gasteiger partial charge on any atom is -0.508 e. The Bertz CT molecular complexity index is 2970. The number of carbonyl (C=O) groups is 10. The van der Waals surface area contributed by atoms with E-state index in [1.807, 2.05) is 0 Å². The van der Waals surface area contributed by atoms with E-state index in [0.717, 1.165) is 0 Å². The highest BCUT2D eigenvalue weighted by Gasteiger charge is 2.46. The first kappa shape index (κ1) is 75.8. The zero-order valence-corrected chi connectivity index (χ0v) is 52.4. The van der Waals surface area contributed by atoms with Crippen LogP contribution in [0.5, 0.6) is 5.75 Å². The van der Waals surface area contributed by atoms with Gasteiger partial charge in [-0.3, -0.25) is 62.8 Å². The predicted octanol–water partition coefficient (Wildman–Crippen LogP) is -3.85. The van der Waals surface area contributed by atoms with Gasteiger partial charge < -0.3 is 93.5 Å². The van der Waals surface area contributed by atoms with Crippen molar-refractivity contribution in [2.75, 3.05) is 130 Å². The molecule has 33 heteroatoms. The first-order valence-electron chi connectivity index (χ1n) is 30.8. The van der Waals surface area contributed by atoms with Gasteiger partial charge in [-0.25, -0.2) is 4.79 Å². The van der Waals surface area contributed by atoms with E-state index in [1.54, 1.807) is 93.3 Å². The molecular weight excluding hydrogens is 1230 g/mol. The summed E-state index contributed by atoms with van der Waals surface area (Å²) in [4.78, 5) is 137. The molecule has 0 radical (unpaired) electrons. The second kappa shape index (κ2) is 40.2. The molecular formula is C61H88N14O19. The van der Waals surface area contributed by atoms with Crippen molar-refractivity contribution in [3.05, 3.63) is 95.6 Å². The summed E-state index contributed by atoms with van der Waals surface area (Å²) in [5.41, 5.74) is 7.99. The molecule has 94 heavy (non-hydrogen) atoms. The monoisotopic (exact) mass is 1320 g/mol. The summed E-state index contributed by atoms with van der Waals surface area (Å²) >= 11 is 0.